The van der Waals surface area contributed by atoms with Crippen molar-refractivity contribution in [3.63, 3.8) is 0 Å². The summed E-state index contributed by atoms with van der Waals surface area (Å²) in [5.41, 5.74) is 2.58. The number of carbonyl (C=O) groups excluding carboxylic acids is 3. The van der Waals surface area contributed by atoms with Gasteiger partial charge in [-0.15, -0.1) is 11.3 Å². The number of amides is 2. The third-order valence-electron chi connectivity index (χ3n) is 5.74. The normalized spacial score (nSPS) is 17.3. The molecule has 28 heavy (non-hydrogen) atoms. The largest absolute Gasteiger partial charge is 0.338 e. The first-order valence-corrected chi connectivity index (χ1v) is 10.6. The number of Topliss-reactive ketones (excluding diaryl/α,β-unsaturated/α-hetero) is 1. The molecule has 2 amide bonds. The Morgan fingerprint density at radius 1 is 0.893 bits per heavy atom. The van der Waals surface area contributed by atoms with E-state index in [-0.39, 0.29) is 23.5 Å². The number of ketones is 1. The SMILES string of the molecule is CC(=O)c1ccc(C(=O)N2CCC(C(=O)N3CCc4ccccc4C3)CC2)s1. The van der Waals surface area contributed by atoms with E-state index in [0.717, 1.165) is 13.0 Å². The molecule has 0 radical (unpaired) electrons. The van der Waals surface area contributed by atoms with Gasteiger partial charge in [0.15, 0.2) is 5.78 Å². The molecule has 0 bridgehead atoms. The Bertz CT molecular complexity index is 912. The molecule has 1 fully saturated rings. The summed E-state index contributed by atoms with van der Waals surface area (Å²) in [5.74, 6) is 0.161. The van der Waals surface area contributed by atoms with Crippen LogP contribution < -0.4 is 0 Å². The summed E-state index contributed by atoms with van der Waals surface area (Å²) in [5, 5.41) is 0. The average molecular weight is 397 g/mol. The molecular formula is C22H24N2O3S. The number of fused-ring (bicyclic) bond motifs is 1. The van der Waals surface area contributed by atoms with Crippen molar-refractivity contribution in [3.8, 4) is 0 Å². The molecule has 1 saturated heterocycles. The molecule has 0 spiro atoms. The molecule has 2 aliphatic rings. The van der Waals surface area contributed by atoms with Crippen LogP contribution in [0.5, 0.6) is 0 Å². The fraction of sp³-hybridized carbons (Fsp3) is 0.409. The molecule has 0 N–H and O–H groups in total. The highest BCUT2D eigenvalue weighted by atomic mass is 32.1. The molecule has 4 rings (SSSR count). The van der Waals surface area contributed by atoms with Gasteiger partial charge < -0.3 is 9.80 Å². The lowest BCUT2D eigenvalue weighted by molar-refractivity contribution is -0.137. The molecule has 1 aromatic heterocycles. The molecule has 5 nitrogen and oxygen atoms in total. The molecule has 1 aromatic carbocycles. The number of nitrogens with zero attached hydrogens (tertiary/aromatic N) is 2. The van der Waals surface area contributed by atoms with E-state index in [4.69, 9.17) is 0 Å². The van der Waals surface area contributed by atoms with Crippen LogP contribution in [0.4, 0.5) is 0 Å². The fourth-order valence-corrected chi connectivity index (χ4v) is 4.94. The summed E-state index contributed by atoms with van der Waals surface area (Å²) in [6.07, 6.45) is 2.32. The van der Waals surface area contributed by atoms with Gasteiger partial charge in [0.2, 0.25) is 5.91 Å². The van der Waals surface area contributed by atoms with Crippen LogP contribution in [0.1, 0.15) is 50.2 Å². The number of hydrogen-bond donors (Lipinski definition) is 0. The van der Waals surface area contributed by atoms with E-state index in [2.05, 4.69) is 18.2 Å². The fourth-order valence-electron chi connectivity index (χ4n) is 4.07. The molecule has 0 aliphatic carbocycles. The van der Waals surface area contributed by atoms with E-state index < -0.39 is 0 Å². The second-order valence-electron chi connectivity index (χ2n) is 7.57. The third-order valence-corrected chi connectivity index (χ3v) is 6.91. The van der Waals surface area contributed by atoms with Crippen molar-refractivity contribution in [1.29, 1.82) is 0 Å². The summed E-state index contributed by atoms with van der Waals surface area (Å²) in [6, 6.07) is 11.8. The van der Waals surface area contributed by atoms with Gasteiger partial charge >= 0.3 is 0 Å². The van der Waals surface area contributed by atoms with Gasteiger partial charge in [0.05, 0.1) is 9.75 Å². The number of benzene rings is 1. The van der Waals surface area contributed by atoms with Crippen LogP contribution in [0.15, 0.2) is 36.4 Å². The highest BCUT2D eigenvalue weighted by Gasteiger charge is 2.32. The van der Waals surface area contributed by atoms with Gasteiger partial charge in [-0.25, -0.2) is 0 Å². The zero-order chi connectivity index (χ0) is 19.7. The lowest BCUT2D eigenvalue weighted by atomic mass is 9.93. The minimum Gasteiger partial charge on any atom is -0.338 e. The Labute approximate surface area is 169 Å². The van der Waals surface area contributed by atoms with Gasteiger partial charge in [-0.1, -0.05) is 24.3 Å². The molecule has 146 valence electrons. The number of piperidine rings is 1. The van der Waals surface area contributed by atoms with Gasteiger partial charge in [-0.3, -0.25) is 14.4 Å². The minimum absolute atomic E-state index is 0.00886. The monoisotopic (exact) mass is 396 g/mol. The molecule has 0 atom stereocenters. The summed E-state index contributed by atoms with van der Waals surface area (Å²) < 4.78 is 0. The second kappa shape index (κ2) is 7.87. The van der Waals surface area contributed by atoms with Crippen LogP contribution in [0.25, 0.3) is 0 Å². The molecular weight excluding hydrogens is 372 g/mol. The van der Waals surface area contributed by atoms with Crippen molar-refractivity contribution in [2.75, 3.05) is 19.6 Å². The zero-order valence-corrected chi connectivity index (χ0v) is 16.8. The first-order valence-electron chi connectivity index (χ1n) is 9.78. The van der Waals surface area contributed by atoms with Crippen LogP contribution in [-0.2, 0) is 17.8 Å². The smallest absolute Gasteiger partial charge is 0.263 e. The highest BCUT2D eigenvalue weighted by molar-refractivity contribution is 7.15. The van der Waals surface area contributed by atoms with Crippen molar-refractivity contribution < 1.29 is 14.4 Å². The third kappa shape index (κ3) is 3.74. The summed E-state index contributed by atoms with van der Waals surface area (Å²) in [4.78, 5) is 42.1. The van der Waals surface area contributed by atoms with Crippen LogP contribution in [-0.4, -0.2) is 47.0 Å². The van der Waals surface area contributed by atoms with Crippen molar-refractivity contribution in [2.45, 2.75) is 32.7 Å². The van der Waals surface area contributed by atoms with Crippen molar-refractivity contribution in [3.05, 3.63) is 57.3 Å². The van der Waals surface area contributed by atoms with Crippen LogP contribution >= 0.6 is 11.3 Å². The van der Waals surface area contributed by atoms with E-state index in [1.165, 1.54) is 29.4 Å². The number of thiophene rings is 1. The molecule has 2 aromatic rings. The Kier molecular flexibility index (Phi) is 5.31. The molecule has 0 unspecified atom stereocenters. The Hall–Kier alpha value is -2.47. The van der Waals surface area contributed by atoms with Gasteiger partial charge in [0.25, 0.3) is 5.91 Å². The van der Waals surface area contributed by atoms with Crippen molar-refractivity contribution >= 4 is 28.9 Å². The first-order chi connectivity index (χ1) is 13.5. The Morgan fingerprint density at radius 2 is 1.57 bits per heavy atom. The van der Waals surface area contributed by atoms with Gasteiger partial charge in [-0.2, -0.15) is 0 Å². The summed E-state index contributed by atoms with van der Waals surface area (Å²) in [6.45, 7) is 4.16. The van der Waals surface area contributed by atoms with Gasteiger partial charge in [0, 0.05) is 32.1 Å². The van der Waals surface area contributed by atoms with Gasteiger partial charge in [0.1, 0.15) is 0 Å². The standard InChI is InChI=1S/C22H24N2O3S/c1-15(25)19-6-7-20(28-19)22(27)23-11-9-17(10-12-23)21(26)24-13-8-16-4-2-3-5-18(16)14-24/h2-7,17H,8-14H2,1H3. The summed E-state index contributed by atoms with van der Waals surface area (Å²) >= 11 is 1.25. The minimum atomic E-state index is -0.0321. The first kappa shape index (κ1) is 18.9. The predicted molar refractivity (Wildman–Crippen MR) is 109 cm³/mol. The molecule has 6 heteroatoms. The van der Waals surface area contributed by atoms with Crippen molar-refractivity contribution in [2.24, 2.45) is 5.92 Å². The van der Waals surface area contributed by atoms with Crippen molar-refractivity contribution in [1.82, 2.24) is 9.80 Å². The molecule has 0 saturated carbocycles. The van der Waals surface area contributed by atoms with E-state index in [9.17, 15) is 14.4 Å². The Morgan fingerprint density at radius 3 is 2.25 bits per heavy atom. The Balaban J connectivity index is 1.34. The van der Waals surface area contributed by atoms with E-state index >= 15 is 0 Å². The van der Waals surface area contributed by atoms with Crippen LogP contribution in [0, 0.1) is 5.92 Å². The number of hydrogen-bond acceptors (Lipinski definition) is 4. The van der Waals surface area contributed by atoms with Crippen LogP contribution in [0.2, 0.25) is 0 Å². The maximum Gasteiger partial charge on any atom is 0.263 e. The topological polar surface area (TPSA) is 57.7 Å². The summed E-state index contributed by atoms with van der Waals surface area (Å²) in [7, 11) is 0. The number of carbonyl (C=O) groups is 3. The van der Waals surface area contributed by atoms with Gasteiger partial charge in [-0.05, 0) is 49.4 Å². The number of likely N-dealkylation sites (tertiary alicyclic amines) is 1. The second-order valence-corrected chi connectivity index (χ2v) is 8.65. The zero-order valence-electron chi connectivity index (χ0n) is 16.0. The maximum atomic E-state index is 13.0. The predicted octanol–water partition coefficient (Wildman–Crippen LogP) is 3.39. The highest BCUT2D eigenvalue weighted by Crippen LogP contribution is 2.26. The van der Waals surface area contributed by atoms with Crippen LogP contribution in [0.3, 0.4) is 0 Å². The quantitative estimate of drug-likeness (QED) is 0.748. The van der Waals surface area contributed by atoms with E-state index in [0.29, 0.717) is 42.2 Å². The lowest BCUT2D eigenvalue weighted by Crippen LogP contribution is -2.45. The number of rotatable bonds is 3. The maximum absolute atomic E-state index is 13.0. The molecule has 2 aliphatic heterocycles. The van der Waals surface area contributed by atoms with E-state index in [1.807, 2.05) is 15.9 Å². The van der Waals surface area contributed by atoms with E-state index in [1.54, 1.807) is 12.1 Å². The lowest BCUT2D eigenvalue weighted by Gasteiger charge is -2.36. The average Bonchev–Trinajstić information content (AvgIpc) is 3.23. The molecule has 3 heterocycles.